The van der Waals surface area contributed by atoms with Crippen LogP contribution in [-0.2, 0) is 19.0 Å². The lowest BCUT2D eigenvalue weighted by Gasteiger charge is -2.61. The van der Waals surface area contributed by atoms with Crippen LogP contribution in [0.1, 0.15) is 98.8 Å². The fourth-order valence-electron chi connectivity index (χ4n) is 10.6. The minimum absolute atomic E-state index is 0.105. The number of ether oxygens (including phenoxy) is 3. The lowest BCUT2D eigenvalue weighted by Crippen LogP contribution is -2.55. The fourth-order valence-corrected chi connectivity index (χ4v) is 10.6. The maximum atomic E-state index is 11.5. The molecule has 186 valence electrons. The largest absolute Gasteiger partial charge is 0.463 e. The zero-order chi connectivity index (χ0) is 23.2. The summed E-state index contributed by atoms with van der Waals surface area (Å²) in [4.78, 5) is 11.5. The van der Waals surface area contributed by atoms with Gasteiger partial charge in [-0.3, -0.25) is 4.79 Å². The molecule has 2 aliphatic heterocycles. The molecule has 6 aliphatic rings. The second-order valence-corrected chi connectivity index (χ2v) is 13.7. The summed E-state index contributed by atoms with van der Waals surface area (Å²) in [5.41, 5.74) is 0.828. The predicted molar refractivity (Wildman–Crippen MR) is 127 cm³/mol. The van der Waals surface area contributed by atoms with Crippen molar-refractivity contribution in [3.63, 3.8) is 0 Å². The van der Waals surface area contributed by atoms with Crippen LogP contribution in [0.4, 0.5) is 0 Å². The molecule has 4 saturated carbocycles. The standard InChI is InChI=1S/C29H46O4/c1-17-8-13-29(31-16-17)18(2)26-25(33-29)15-24-22-7-6-20-14-21(32-19(3)30)9-11-27(20,4)23(22)10-12-28(24,26)5/h17-18,20-26H,6-16H2,1-5H3/t17?,18?,20-,21-,22?,23?,24?,25+,26?,27+,28+,29-/m1/s1. The molecule has 0 aromatic rings. The van der Waals surface area contributed by atoms with Crippen molar-refractivity contribution in [1.82, 2.24) is 0 Å². The van der Waals surface area contributed by atoms with E-state index in [-0.39, 0.29) is 17.9 Å². The molecule has 4 heteroatoms. The van der Waals surface area contributed by atoms with Crippen molar-refractivity contribution in [1.29, 1.82) is 0 Å². The van der Waals surface area contributed by atoms with Gasteiger partial charge in [0.1, 0.15) is 6.10 Å². The van der Waals surface area contributed by atoms with Crippen molar-refractivity contribution >= 4 is 5.97 Å². The van der Waals surface area contributed by atoms with Crippen molar-refractivity contribution in [2.45, 2.75) is 117 Å². The first kappa shape index (κ1) is 22.8. The minimum Gasteiger partial charge on any atom is -0.463 e. The lowest BCUT2D eigenvalue weighted by molar-refractivity contribution is -0.273. The highest BCUT2D eigenvalue weighted by Crippen LogP contribution is 2.71. The van der Waals surface area contributed by atoms with E-state index in [1.54, 1.807) is 6.92 Å². The molecule has 4 nitrogen and oxygen atoms in total. The van der Waals surface area contributed by atoms with Gasteiger partial charge >= 0.3 is 5.97 Å². The Morgan fingerprint density at radius 2 is 1.70 bits per heavy atom. The molecular formula is C29H46O4. The van der Waals surface area contributed by atoms with Crippen LogP contribution in [0.15, 0.2) is 0 Å². The first-order valence-corrected chi connectivity index (χ1v) is 14.2. The topological polar surface area (TPSA) is 44.8 Å². The average Bonchev–Trinajstić information content (AvgIpc) is 3.21. The van der Waals surface area contributed by atoms with E-state index < -0.39 is 0 Å². The highest BCUT2D eigenvalue weighted by molar-refractivity contribution is 5.66. The Kier molecular flexibility index (Phi) is 5.32. The third-order valence-electron chi connectivity index (χ3n) is 12.2. The molecule has 2 saturated heterocycles. The van der Waals surface area contributed by atoms with Crippen molar-refractivity contribution in [2.24, 2.45) is 52.3 Å². The van der Waals surface area contributed by atoms with Gasteiger partial charge in [0, 0.05) is 19.3 Å². The first-order valence-electron chi connectivity index (χ1n) is 14.2. The second-order valence-electron chi connectivity index (χ2n) is 13.7. The number of hydrogen-bond acceptors (Lipinski definition) is 4. The third-order valence-corrected chi connectivity index (χ3v) is 12.2. The Bertz CT molecular complexity index is 786. The van der Waals surface area contributed by atoms with Gasteiger partial charge in [0.05, 0.1) is 12.7 Å². The van der Waals surface area contributed by atoms with Crippen LogP contribution >= 0.6 is 0 Å². The van der Waals surface area contributed by atoms with Crippen LogP contribution in [-0.4, -0.2) is 30.6 Å². The van der Waals surface area contributed by atoms with Crippen molar-refractivity contribution in [3.8, 4) is 0 Å². The van der Waals surface area contributed by atoms with Gasteiger partial charge in [-0.15, -0.1) is 0 Å². The van der Waals surface area contributed by atoms with E-state index in [1.807, 2.05) is 0 Å². The number of fused-ring (bicyclic) bond motifs is 7. The van der Waals surface area contributed by atoms with Crippen molar-refractivity contribution in [3.05, 3.63) is 0 Å². The highest BCUT2D eigenvalue weighted by atomic mass is 16.7. The van der Waals surface area contributed by atoms with Crippen LogP contribution in [0.3, 0.4) is 0 Å². The molecular weight excluding hydrogens is 412 g/mol. The summed E-state index contributed by atoms with van der Waals surface area (Å²) in [5, 5.41) is 0. The van der Waals surface area contributed by atoms with Gasteiger partial charge in [-0.25, -0.2) is 0 Å². The van der Waals surface area contributed by atoms with E-state index in [9.17, 15) is 4.79 Å². The van der Waals surface area contributed by atoms with Crippen molar-refractivity contribution in [2.75, 3.05) is 6.61 Å². The van der Waals surface area contributed by atoms with E-state index in [4.69, 9.17) is 14.2 Å². The number of carbonyl (C=O) groups excluding carboxylic acids is 1. The van der Waals surface area contributed by atoms with Crippen LogP contribution in [0.2, 0.25) is 0 Å². The molecule has 33 heavy (non-hydrogen) atoms. The van der Waals surface area contributed by atoms with Crippen LogP contribution in [0, 0.1) is 52.3 Å². The zero-order valence-electron chi connectivity index (χ0n) is 21.6. The lowest BCUT2D eigenvalue weighted by atomic mass is 9.44. The molecule has 6 fully saturated rings. The maximum Gasteiger partial charge on any atom is 0.302 e. The maximum absolute atomic E-state index is 11.5. The number of hydrogen-bond donors (Lipinski definition) is 0. The second kappa shape index (κ2) is 7.69. The molecule has 0 radical (unpaired) electrons. The quantitative estimate of drug-likeness (QED) is 0.429. The zero-order valence-corrected chi connectivity index (χ0v) is 21.6. The SMILES string of the molecule is CC(=O)O[C@@H]1CC[C@]2(C)C3CC[C@@]4(C)C(C[C@@H]5O[C@]6(CCC(C)CO6)C(C)C54)C3CC[C@@H]2C1. The fraction of sp³-hybridized carbons (Fsp3) is 0.966. The van der Waals surface area contributed by atoms with E-state index in [1.165, 1.54) is 44.9 Å². The summed E-state index contributed by atoms with van der Waals surface area (Å²) in [6, 6.07) is 0. The van der Waals surface area contributed by atoms with Crippen LogP contribution in [0.25, 0.3) is 0 Å². The molecule has 0 N–H and O–H groups in total. The Balaban J connectivity index is 1.21. The monoisotopic (exact) mass is 458 g/mol. The Morgan fingerprint density at radius 1 is 0.909 bits per heavy atom. The molecule has 6 unspecified atom stereocenters. The molecule has 0 bridgehead atoms. The predicted octanol–water partition coefficient (Wildman–Crippen LogP) is 6.36. The van der Waals surface area contributed by atoms with Gasteiger partial charge in [-0.2, -0.15) is 0 Å². The van der Waals surface area contributed by atoms with E-state index in [2.05, 4.69) is 27.7 Å². The Hall–Kier alpha value is -0.610. The van der Waals surface area contributed by atoms with Gasteiger partial charge in [-0.1, -0.05) is 27.7 Å². The van der Waals surface area contributed by atoms with E-state index in [0.717, 1.165) is 49.5 Å². The summed E-state index contributed by atoms with van der Waals surface area (Å²) in [7, 11) is 0. The Labute approximate surface area is 200 Å². The summed E-state index contributed by atoms with van der Waals surface area (Å²) in [5.74, 6) is 4.63. The summed E-state index contributed by atoms with van der Waals surface area (Å²) < 4.78 is 19.1. The number of esters is 1. The van der Waals surface area contributed by atoms with Crippen LogP contribution in [0.5, 0.6) is 0 Å². The smallest absolute Gasteiger partial charge is 0.302 e. The third kappa shape index (κ3) is 3.25. The summed E-state index contributed by atoms with van der Waals surface area (Å²) >= 11 is 0. The minimum atomic E-state index is -0.300. The molecule has 12 atom stereocenters. The average molecular weight is 459 g/mol. The normalized spacial score (nSPS) is 57.7. The van der Waals surface area contributed by atoms with E-state index in [0.29, 0.717) is 34.7 Å². The molecule has 0 aromatic heterocycles. The Morgan fingerprint density at radius 3 is 2.42 bits per heavy atom. The van der Waals surface area contributed by atoms with Gasteiger partial charge in [0.2, 0.25) is 0 Å². The van der Waals surface area contributed by atoms with Crippen LogP contribution < -0.4 is 0 Å². The van der Waals surface area contributed by atoms with E-state index >= 15 is 0 Å². The molecule has 4 aliphatic carbocycles. The molecule has 1 spiro atoms. The van der Waals surface area contributed by atoms with Gasteiger partial charge in [0.25, 0.3) is 0 Å². The molecule has 0 aromatic carbocycles. The van der Waals surface area contributed by atoms with Gasteiger partial charge in [-0.05, 0) is 104 Å². The molecule has 2 heterocycles. The van der Waals surface area contributed by atoms with Crippen molar-refractivity contribution < 1.29 is 19.0 Å². The number of carbonyl (C=O) groups is 1. The van der Waals surface area contributed by atoms with Gasteiger partial charge < -0.3 is 14.2 Å². The summed E-state index contributed by atoms with van der Waals surface area (Å²) in [6.45, 7) is 12.4. The number of rotatable bonds is 1. The molecule has 0 amide bonds. The first-order chi connectivity index (χ1) is 15.7. The summed E-state index contributed by atoms with van der Waals surface area (Å²) in [6.07, 6.45) is 12.9. The molecule has 6 rings (SSSR count). The highest BCUT2D eigenvalue weighted by Gasteiger charge is 2.69. The van der Waals surface area contributed by atoms with Gasteiger partial charge in [0.15, 0.2) is 5.79 Å².